The second kappa shape index (κ2) is 5.97. The number of pyridine rings is 1. The fourth-order valence-corrected chi connectivity index (χ4v) is 1.35. The van der Waals surface area contributed by atoms with Gasteiger partial charge in [0.15, 0.2) is 0 Å². The third-order valence-electron chi connectivity index (χ3n) is 2.14. The van der Waals surface area contributed by atoms with E-state index in [4.69, 9.17) is 10.5 Å². The van der Waals surface area contributed by atoms with Crippen LogP contribution in [0.3, 0.4) is 0 Å². The van der Waals surface area contributed by atoms with Crippen molar-refractivity contribution in [3.63, 3.8) is 0 Å². The Balaban J connectivity index is 2.57. The molecule has 0 aliphatic rings. The normalized spacial score (nSPS) is 15.6. The molecule has 96 valence electrons. The van der Waals surface area contributed by atoms with E-state index in [-0.39, 0.29) is 0 Å². The predicted octanol–water partition coefficient (Wildman–Crippen LogP) is 2.44. The van der Waals surface area contributed by atoms with Crippen LogP contribution in [0.1, 0.15) is 25.1 Å². The van der Waals surface area contributed by atoms with Gasteiger partial charge < -0.3 is 10.5 Å². The first kappa shape index (κ1) is 13.9. The summed E-state index contributed by atoms with van der Waals surface area (Å²) in [5.41, 5.74) is 6.22. The van der Waals surface area contributed by atoms with E-state index in [9.17, 15) is 13.2 Å². The van der Waals surface area contributed by atoms with Crippen molar-refractivity contribution >= 4 is 0 Å². The summed E-state index contributed by atoms with van der Waals surface area (Å²) < 4.78 is 41.1. The van der Waals surface area contributed by atoms with Gasteiger partial charge in [-0.25, -0.2) is 0 Å². The number of nitrogens with zero attached hydrogens (tertiary/aromatic N) is 1. The molecule has 0 aromatic carbocycles. The fraction of sp³-hybridized carbons (Fsp3) is 0.545. The zero-order valence-electron chi connectivity index (χ0n) is 9.45. The van der Waals surface area contributed by atoms with Gasteiger partial charge in [0.2, 0.25) is 0 Å². The molecular weight excluding hydrogens is 233 g/mol. The van der Waals surface area contributed by atoms with Gasteiger partial charge in [0.25, 0.3) is 0 Å². The molecule has 0 spiro atoms. The Morgan fingerprint density at radius 2 is 2.12 bits per heavy atom. The SMILES string of the molecule is CC(N)C(OCCC(F)(F)F)c1ccccn1. The number of nitrogens with two attached hydrogens (primary N) is 1. The topological polar surface area (TPSA) is 48.1 Å². The molecule has 2 unspecified atom stereocenters. The molecule has 17 heavy (non-hydrogen) atoms. The summed E-state index contributed by atoms with van der Waals surface area (Å²) in [5, 5.41) is 0. The second-order valence-corrected chi connectivity index (χ2v) is 3.77. The van der Waals surface area contributed by atoms with E-state index in [1.165, 1.54) is 0 Å². The molecule has 0 fully saturated rings. The van der Waals surface area contributed by atoms with Gasteiger partial charge in [-0.15, -0.1) is 0 Å². The average Bonchev–Trinajstić information content (AvgIpc) is 2.23. The molecule has 0 bridgehead atoms. The summed E-state index contributed by atoms with van der Waals surface area (Å²) >= 11 is 0. The van der Waals surface area contributed by atoms with Gasteiger partial charge in [-0.2, -0.15) is 13.2 Å². The number of hydrogen-bond acceptors (Lipinski definition) is 3. The quantitative estimate of drug-likeness (QED) is 0.870. The number of aromatic nitrogens is 1. The van der Waals surface area contributed by atoms with Crippen LogP contribution >= 0.6 is 0 Å². The Bertz CT molecular complexity index is 327. The molecule has 1 heterocycles. The monoisotopic (exact) mass is 248 g/mol. The maximum Gasteiger partial charge on any atom is 0.391 e. The molecular formula is C11H15F3N2O. The number of alkyl halides is 3. The molecule has 0 radical (unpaired) electrons. The first-order chi connectivity index (χ1) is 7.90. The highest BCUT2D eigenvalue weighted by Crippen LogP contribution is 2.23. The lowest BCUT2D eigenvalue weighted by molar-refractivity contribution is -0.150. The third kappa shape index (κ3) is 5.14. The number of hydrogen-bond donors (Lipinski definition) is 1. The molecule has 0 amide bonds. The van der Waals surface area contributed by atoms with E-state index >= 15 is 0 Å². The van der Waals surface area contributed by atoms with Crippen LogP contribution in [0.15, 0.2) is 24.4 Å². The van der Waals surface area contributed by atoms with E-state index in [2.05, 4.69) is 4.98 Å². The standard InChI is InChI=1S/C11H15F3N2O/c1-8(15)10(9-4-2-3-6-16-9)17-7-5-11(12,13)14/h2-4,6,8,10H,5,7,15H2,1H3. The Labute approximate surface area is 97.8 Å². The van der Waals surface area contributed by atoms with Gasteiger partial charge in [-0.3, -0.25) is 4.98 Å². The number of halogens is 3. The molecule has 0 aliphatic carbocycles. The summed E-state index contributed by atoms with van der Waals surface area (Å²) in [4.78, 5) is 4.03. The second-order valence-electron chi connectivity index (χ2n) is 3.77. The first-order valence-electron chi connectivity index (χ1n) is 5.25. The fourth-order valence-electron chi connectivity index (χ4n) is 1.35. The molecule has 2 atom stereocenters. The molecule has 1 rings (SSSR count). The van der Waals surface area contributed by atoms with Gasteiger partial charge in [-0.1, -0.05) is 6.07 Å². The van der Waals surface area contributed by atoms with Crippen molar-refractivity contribution in [2.75, 3.05) is 6.61 Å². The van der Waals surface area contributed by atoms with Crippen LogP contribution in [0.4, 0.5) is 13.2 Å². The zero-order valence-corrected chi connectivity index (χ0v) is 9.45. The first-order valence-corrected chi connectivity index (χ1v) is 5.25. The van der Waals surface area contributed by atoms with Crippen LogP contribution in [-0.2, 0) is 4.74 Å². The third-order valence-corrected chi connectivity index (χ3v) is 2.14. The van der Waals surface area contributed by atoms with Crippen molar-refractivity contribution in [3.05, 3.63) is 30.1 Å². The molecule has 1 aromatic heterocycles. The number of rotatable bonds is 5. The molecule has 0 saturated carbocycles. The predicted molar refractivity (Wildman–Crippen MR) is 57.3 cm³/mol. The Kier molecular flexibility index (Phi) is 4.89. The molecule has 6 heteroatoms. The van der Waals surface area contributed by atoms with Crippen LogP contribution in [0.25, 0.3) is 0 Å². The molecule has 0 aliphatic heterocycles. The summed E-state index contributed by atoms with van der Waals surface area (Å²) in [6, 6.07) is 4.72. The van der Waals surface area contributed by atoms with E-state index in [1.54, 1.807) is 31.3 Å². The largest absolute Gasteiger partial charge is 0.391 e. The molecule has 0 saturated heterocycles. The van der Waals surface area contributed by atoms with Crippen molar-refractivity contribution in [1.82, 2.24) is 4.98 Å². The lowest BCUT2D eigenvalue weighted by atomic mass is 10.1. The minimum atomic E-state index is -4.22. The van der Waals surface area contributed by atoms with Crippen LogP contribution in [-0.4, -0.2) is 23.8 Å². The van der Waals surface area contributed by atoms with Crippen molar-refractivity contribution < 1.29 is 17.9 Å². The zero-order chi connectivity index (χ0) is 12.9. The van der Waals surface area contributed by atoms with Crippen molar-refractivity contribution in [2.45, 2.75) is 31.7 Å². The van der Waals surface area contributed by atoms with Crippen molar-refractivity contribution in [2.24, 2.45) is 5.73 Å². The molecule has 2 N–H and O–H groups in total. The lowest BCUT2D eigenvalue weighted by Crippen LogP contribution is -2.28. The van der Waals surface area contributed by atoms with Gasteiger partial charge in [0.1, 0.15) is 6.10 Å². The maximum absolute atomic E-state index is 12.0. The van der Waals surface area contributed by atoms with Gasteiger partial charge >= 0.3 is 6.18 Å². The van der Waals surface area contributed by atoms with Gasteiger partial charge in [0.05, 0.1) is 18.7 Å². The van der Waals surface area contributed by atoms with Gasteiger partial charge in [-0.05, 0) is 19.1 Å². The van der Waals surface area contributed by atoms with E-state index in [0.717, 1.165) is 0 Å². The Morgan fingerprint density at radius 1 is 1.41 bits per heavy atom. The smallest absolute Gasteiger partial charge is 0.370 e. The van der Waals surface area contributed by atoms with Crippen molar-refractivity contribution in [3.8, 4) is 0 Å². The number of ether oxygens (including phenoxy) is 1. The Morgan fingerprint density at radius 3 is 2.59 bits per heavy atom. The highest BCUT2D eigenvalue weighted by molar-refractivity contribution is 5.08. The van der Waals surface area contributed by atoms with Crippen LogP contribution < -0.4 is 5.73 Å². The van der Waals surface area contributed by atoms with Crippen molar-refractivity contribution in [1.29, 1.82) is 0 Å². The summed E-state index contributed by atoms with van der Waals surface area (Å²) in [6.45, 7) is 1.26. The summed E-state index contributed by atoms with van der Waals surface area (Å²) in [5.74, 6) is 0. The van der Waals surface area contributed by atoms with E-state index in [0.29, 0.717) is 5.69 Å². The van der Waals surface area contributed by atoms with Gasteiger partial charge in [0, 0.05) is 12.2 Å². The minimum Gasteiger partial charge on any atom is -0.370 e. The summed E-state index contributed by atoms with van der Waals surface area (Å²) in [6.07, 6.45) is -4.26. The van der Waals surface area contributed by atoms with Crippen LogP contribution in [0.2, 0.25) is 0 Å². The highest BCUT2D eigenvalue weighted by Gasteiger charge is 2.28. The lowest BCUT2D eigenvalue weighted by Gasteiger charge is -2.21. The highest BCUT2D eigenvalue weighted by atomic mass is 19.4. The molecule has 1 aromatic rings. The maximum atomic E-state index is 12.0. The molecule has 3 nitrogen and oxygen atoms in total. The van der Waals surface area contributed by atoms with Crippen LogP contribution in [0, 0.1) is 0 Å². The Hall–Kier alpha value is -1.14. The van der Waals surface area contributed by atoms with E-state index in [1.807, 2.05) is 0 Å². The minimum absolute atomic E-state index is 0.410. The van der Waals surface area contributed by atoms with Crippen LogP contribution in [0.5, 0.6) is 0 Å². The van der Waals surface area contributed by atoms with E-state index < -0.39 is 31.3 Å². The summed E-state index contributed by atoms with van der Waals surface area (Å²) in [7, 11) is 0. The average molecular weight is 248 g/mol.